The second kappa shape index (κ2) is 5.36. The second-order valence-corrected chi connectivity index (χ2v) is 4.93. The van der Waals surface area contributed by atoms with E-state index < -0.39 is 0 Å². The van der Waals surface area contributed by atoms with Crippen LogP contribution in [0.2, 0.25) is 0 Å². The van der Waals surface area contributed by atoms with Gasteiger partial charge in [-0.05, 0) is 24.6 Å². The molecule has 0 bridgehead atoms. The number of amides is 3. The van der Waals surface area contributed by atoms with E-state index in [4.69, 9.17) is 0 Å². The number of pyridine rings is 1. The van der Waals surface area contributed by atoms with E-state index in [2.05, 4.69) is 4.98 Å². The lowest BCUT2D eigenvalue weighted by molar-refractivity contribution is -0.116. The molecule has 3 rings (SSSR count). The maximum absolute atomic E-state index is 12.5. The largest absolute Gasteiger partial charge is 0.332 e. The second-order valence-electron chi connectivity index (χ2n) is 4.93. The van der Waals surface area contributed by atoms with Crippen molar-refractivity contribution in [3.8, 4) is 0 Å². The highest BCUT2D eigenvalue weighted by Gasteiger charge is 2.39. The van der Waals surface area contributed by atoms with Gasteiger partial charge in [-0.3, -0.25) is 9.78 Å². The van der Waals surface area contributed by atoms with Gasteiger partial charge in [0.1, 0.15) is 6.54 Å². The van der Waals surface area contributed by atoms with Crippen molar-refractivity contribution in [2.24, 2.45) is 0 Å². The molecule has 5 nitrogen and oxygen atoms in total. The van der Waals surface area contributed by atoms with Crippen LogP contribution in [0.15, 0.2) is 54.9 Å². The molecule has 0 N–H and O–H groups in total. The zero-order valence-corrected chi connectivity index (χ0v) is 11.6. The molecule has 1 aromatic heterocycles. The van der Waals surface area contributed by atoms with Crippen LogP contribution >= 0.6 is 0 Å². The van der Waals surface area contributed by atoms with Gasteiger partial charge in [0.15, 0.2) is 0 Å². The van der Waals surface area contributed by atoms with E-state index in [1.54, 1.807) is 29.4 Å². The third-order valence-corrected chi connectivity index (χ3v) is 3.66. The molecular weight excluding hydrogens is 266 g/mol. The summed E-state index contributed by atoms with van der Waals surface area (Å²) in [6.45, 7) is 2.02. The third kappa shape index (κ3) is 2.38. The topological polar surface area (TPSA) is 53.5 Å². The lowest BCUT2D eigenvalue weighted by atomic mass is 10.1. The van der Waals surface area contributed by atoms with Gasteiger partial charge in [0.25, 0.3) is 5.91 Å². The van der Waals surface area contributed by atoms with Crippen molar-refractivity contribution in [2.45, 2.75) is 13.0 Å². The van der Waals surface area contributed by atoms with Crippen LogP contribution in [0.3, 0.4) is 0 Å². The number of hydrogen-bond donors (Lipinski definition) is 0. The van der Waals surface area contributed by atoms with Crippen LogP contribution in [-0.2, 0) is 4.79 Å². The smallest absolute Gasteiger partial charge is 0.308 e. The number of hydrogen-bond acceptors (Lipinski definition) is 3. The van der Waals surface area contributed by atoms with Gasteiger partial charge in [-0.2, -0.15) is 0 Å². The van der Waals surface area contributed by atoms with Gasteiger partial charge in [0.2, 0.25) is 0 Å². The van der Waals surface area contributed by atoms with Crippen LogP contribution in [0, 0.1) is 0 Å². The van der Waals surface area contributed by atoms with Gasteiger partial charge in [0, 0.05) is 12.4 Å². The molecule has 0 aliphatic carbocycles. The molecule has 1 aliphatic rings. The van der Waals surface area contributed by atoms with Gasteiger partial charge in [-0.1, -0.05) is 30.3 Å². The highest BCUT2D eigenvalue weighted by molar-refractivity contribution is 6.19. The maximum Gasteiger partial charge on any atom is 0.332 e. The molecule has 0 saturated carbocycles. The molecule has 106 valence electrons. The van der Waals surface area contributed by atoms with E-state index in [0.29, 0.717) is 5.69 Å². The Kier molecular flexibility index (Phi) is 3.39. The average Bonchev–Trinajstić information content (AvgIpc) is 2.83. The first kappa shape index (κ1) is 13.3. The molecule has 1 atom stereocenters. The van der Waals surface area contributed by atoms with Gasteiger partial charge in [0.05, 0.1) is 11.7 Å². The summed E-state index contributed by atoms with van der Waals surface area (Å²) < 4.78 is 0. The number of benzene rings is 1. The van der Waals surface area contributed by atoms with Crippen molar-refractivity contribution in [2.75, 3.05) is 11.4 Å². The summed E-state index contributed by atoms with van der Waals surface area (Å²) in [5, 5.41) is 0. The number of imide groups is 1. The summed E-state index contributed by atoms with van der Waals surface area (Å²) in [5.41, 5.74) is 1.57. The van der Waals surface area contributed by atoms with E-state index in [1.165, 1.54) is 4.90 Å². The Morgan fingerprint density at radius 1 is 1.05 bits per heavy atom. The van der Waals surface area contributed by atoms with Gasteiger partial charge >= 0.3 is 6.03 Å². The Bertz CT molecular complexity index is 658. The first-order chi connectivity index (χ1) is 10.2. The number of urea groups is 1. The van der Waals surface area contributed by atoms with Crippen LogP contribution in [0.4, 0.5) is 10.5 Å². The van der Waals surface area contributed by atoms with E-state index in [-0.39, 0.29) is 24.5 Å². The zero-order chi connectivity index (χ0) is 14.8. The number of anilines is 1. The van der Waals surface area contributed by atoms with Crippen LogP contribution in [-0.4, -0.2) is 28.4 Å². The quantitative estimate of drug-likeness (QED) is 0.813. The Morgan fingerprint density at radius 2 is 1.71 bits per heavy atom. The minimum absolute atomic E-state index is 0.0945. The van der Waals surface area contributed by atoms with Crippen molar-refractivity contribution in [1.29, 1.82) is 0 Å². The third-order valence-electron chi connectivity index (χ3n) is 3.66. The normalized spacial score (nSPS) is 16.4. The fourth-order valence-electron chi connectivity index (χ4n) is 2.48. The molecule has 0 spiro atoms. The predicted molar refractivity (Wildman–Crippen MR) is 78.7 cm³/mol. The molecule has 1 saturated heterocycles. The highest BCUT2D eigenvalue weighted by Crippen LogP contribution is 2.28. The molecule has 1 aliphatic heterocycles. The van der Waals surface area contributed by atoms with Crippen molar-refractivity contribution in [3.63, 3.8) is 0 Å². The monoisotopic (exact) mass is 281 g/mol. The number of carbonyl (C=O) groups excluding carboxylic acids is 2. The maximum atomic E-state index is 12.5. The zero-order valence-electron chi connectivity index (χ0n) is 11.6. The average molecular weight is 281 g/mol. The molecule has 1 unspecified atom stereocenters. The van der Waals surface area contributed by atoms with Crippen molar-refractivity contribution in [1.82, 2.24) is 9.88 Å². The molecule has 3 amide bonds. The standard InChI is InChI=1S/C16H15N3O2/c1-12(13-5-3-2-4-6-13)18-11-15(20)19(16(18)21)14-7-9-17-10-8-14/h2-10,12H,11H2,1H3. The van der Waals surface area contributed by atoms with Crippen LogP contribution < -0.4 is 4.90 Å². The fourth-order valence-corrected chi connectivity index (χ4v) is 2.48. The van der Waals surface area contributed by atoms with Gasteiger partial charge < -0.3 is 4.90 Å². The van der Waals surface area contributed by atoms with Gasteiger partial charge in [-0.25, -0.2) is 9.69 Å². The molecule has 1 fully saturated rings. The summed E-state index contributed by atoms with van der Waals surface area (Å²) in [5.74, 6) is -0.214. The van der Waals surface area contributed by atoms with Crippen LogP contribution in [0.25, 0.3) is 0 Å². The number of carbonyl (C=O) groups is 2. The van der Waals surface area contributed by atoms with Crippen LogP contribution in [0.1, 0.15) is 18.5 Å². The highest BCUT2D eigenvalue weighted by atomic mass is 16.2. The molecule has 5 heteroatoms. The first-order valence-electron chi connectivity index (χ1n) is 6.77. The molecule has 21 heavy (non-hydrogen) atoms. The summed E-state index contributed by atoms with van der Waals surface area (Å²) >= 11 is 0. The first-order valence-corrected chi connectivity index (χ1v) is 6.77. The lowest BCUT2D eigenvalue weighted by Gasteiger charge is -2.24. The number of nitrogens with zero attached hydrogens (tertiary/aromatic N) is 3. The number of aromatic nitrogens is 1. The molecule has 2 aromatic rings. The van der Waals surface area contributed by atoms with E-state index in [9.17, 15) is 9.59 Å². The predicted octanol–water partition coefficient (Wildman–Crippen LogP) is 2.61. The van der Waals surface area contributed by atoms with E-state index in [1.807, 2.05) is 37.3 Å². The summed E-state index contributed by atoms with van der Waals surface area (Å²) in [6, 6.07) is 12.6. The van der Waals surface area contributed by atoms with Gasteiger partial charge in [-0.15, -0.1) is 0 Å². The SMILES string of the molecule is CC(c1ccccc1)N1CC(=O)N(c2ccncc2)C1=O. The van der Waals surface area contributed by atoms with E-state index in [0.717, 1.165) is 5.56 Å². The van der Waals surface area contributed by atoms with Crippen molar-refractivity contribution >= 4 is 17.6 Å². The summed E-state index contributed by atoms with van der Waals surface area (Å²) in [4.78, 5) is 31.4. The molecule has 2 heterocycles. The fraction of sp³-hybridized carbons (Fsp3) is 0.188. The Balaban J connectivity index is 1.87. The molecule has 0 radical (unpaired) electrons. The van der Waals surface area contributed by atoms with E-state index >= 15 is 0 Å². The Labute approximate surface area is 122 Å². The summed E-state index contributed by atoms with van der Waals surface area (Å²) in [7, 11) is 0. The van der Waals surface area contributed by atoms with Crippen LogP contribution in [0.5, 0.6) is 0 Å². The van der Waals surface area contributed by atoms with Crippen molar-refractivity contribution in [3.05, 3.63) is 60.4 Å². The summed E-state index contributed by atoms with van der Waals surface area (Å²) in [6.07, 6.45) is 3.14. The van der Waals surface area contributed by atoms with Crippen molar-refractivity contribution < 1.29 is 9.59 Å². The minimum atomic E-state index is -0.289. The molecular formula is C16H15N3O2. The number of rotatable bonds is 3. The lowest BCUT2D eigenvalue weighted by Crippen LogP contribution is -2.34. The molecule has 1 aromatic carbocycles. The Morgan fingerprint density at radius 3 is 2.38 bits per heavy atom. The minimum Gasteiger partial charge on any atom is -0.308 e. The Hall–Kier alpha value is -2.69.